The normalized spacial score (nSPS) is 18.4. The minimum atomic E-state index is 0.512. The number of hydrogen-bond acceptors (Lipinski definition) is 3. The molecule has 29 heavy (non-hydrogen) atoms. The average molecular weight is 397 g/mol. The summed E-state index contributed by atoms with van der Waals surface area (Å²) in [6.07, 6.45) is 7.52. The molecule has 0 aliphatic carbocycles. The van der Waals surface area contributed by atoms with Gasteiger partial charge >= 0.3 is 0 Å². The minimum absolute atomic E-state index is 0.512. The summed E-state index contributed by atoms with van der Waals surface area (Å²) in [5.41, 5.74) is 2.69. The standard InChI is InChI=1S/C23H36N6/c1-19(27(3)16-20-8-6-5-7-9-20)10-12-25-23(24-2)29-13-11-21(18-29)14-22-15-26-28(4)17-22/h5-9,15,17,19,21H,10-14,16,18H2,1-4H3,(H,24,25). The number of likely N-dealkylation sites (tertiary alicyclic amines) is 1. The lowest BCUT2D eigenvalue weighted by atomic mass is 10.0. The molecular formula is C23H36N6. The molecule has 1 N–H and O–H groups in total. The van der Waals surface area contributed by atoms with Gasteiger partial charge < -0.3 is 10.2 Å². The van der Waals surface area contributed by atoms with Crippen molar-refractivity contribution in [2.75, 3.05) is 33.7 Å². The molecule has 6 nitrogen and oxygen atoms in total. The van der Waals surface area contributed by atoms with E-state index in [1.807, 2.05) is 25.0 Å². The van der Waals surface area contributed by atoms with E-state index in [1.165, 1.54) is 17.5 Å². The molecule has 3 rings (SSSR count). The van der Waals surface area contributed by atoms with Crippen molar-refractivity contribution in [1.29, 1.82) is 0 Å². The van der Waals surface area contributed by atoms with Gasteiger partial charge in [0, 0.05) is 52.5 Å². The van der Waals surface area contributed by atoms with Gasteiger partial charge in [0.1, 0.15) is 0 Å². The number of aliphatic imine (C=N–C) groups is 1. The highest BCUT2D eigenvalue weighted by Gasteiger charge is 2.25. The molecule has 0 radical (unpaired) electrons. The molecule has 0 saturated carbocycles. The number of guanidine groups is 1. The molecule has 1 saturated heterocycles. The SMILES string of the molecule is CN=C(NCCC(C)N(C)Cc1ccccc1)N1CCC(Cc2cnn(C)c2)C1. The molecule has 6 heteroatoms. The maximum atomic E-state index is 4.53. The molecule has 2 aromatic rings. The Labute approximate surface area is 175 Å². The summed E-state index contributed by atoms with van der Waals surface area (Å²) in [6.45, 7) is 6.37. The number of rotatable bonds is 8. The van der Waals surface area contributed by atoms with Gasteiger partial charge in [0.15, 0.2) is 5.96 Å². The number of hydrogen-bond donors (Lipinski definition) is 1. The molecule has 0 bridgehead atoms. The first-order valence-corrected chi connectivity index (χ1v) is 10.7. The van der Waals surface area contributed by atoms with Crippen molar-refractivity contribution >= 4 is 5.96 Å². The van der Waals surface area contributed by atoms with E-state index in [1.54, 1.807) is 0 Å². The summed E-state index contributed by atoms with van der Waals surface area (Å²) in [4.78, 5) is 9.34. The molecule has 1 fully saturated rings. The Morgan fingerprint density at radius 3 is 2.79 bits per heavy atom. The zero-order chi connectivity index (χ0) is 20.6. The Balaban J connectivity index is 1.40. The first-order chi connectivity index (χ1) is 14.0. The van der Waals surface area contributed by atoms with Crippen LogP contribution in [-0.4, -0.2) is 65.3 Å². The van der Waals surface area contributed by atoms with Crippen LogP contribution in [0.2, 0.25) is 0 Å². The van der Waals surface area contributed by atoms with E-state index < -0.39 is 0 Å². The second-order valence-corrected chi connectivity index (χ2v) is 8.34. The number of benzene rings is 1. The van der Waals surface area contributed by atoms with Gasteiger partial charge in [-0.05, 0) is 50.3 Å². The van der Waals surface area contributed by atoms with Crippen molar-refractivity contribution in [3.63, 3.8) is 0 Å². The molecule has 1 aliphatic heterocycles. The fourth-order valence-electron chi connectivity index (χ4n) is 4.08. The average Bonchev–Trinajstić information content (AvgIpc) is 3.35. The van der Waals surface area contributed by atoms with Gasteiger partial charge in [-0.25, -0.2) is 0 Å². The molecule has 1 aliphatic rings. The second-order valence-electron chi connectivity index (χ2n) is 8.34. The van der Waals surface area contributed by atoms with Crippen LogP contribution in [0.3, 0.4) is 0 Å². The first-order valence-electron chi connectivity index (χ1n) is 10.7. The lowest BCUT2D eigenvalue weighted by Crippen LogP contribution is -2.42. The van der Waals surface area contributed by atoms with Crippen molar-refractivity contribution in [1.82, 2.24) is 24.9 Å². The zero-order valence-corrected chi connectivity index (χ0v) is 18.4. The molecular weight excluding hydrogens is 360 g/mol. The van der Waals surface area contributed by atoms with Crippen LogP contribution in [-0.2, 0) is 20.0 Å². The lowest BCUT2D eigenvalue weighted by Gasteiger charge is -2.26. The smallest absolute Gasteiger partial charge is 0.193 e. The largest absolute Gasteiger partial charge is 0.356 e. The van der Waals surface area contributed by atoms with Crippen molar-refractivity contribution in [3.8, 4) is 0 Å². The number of nitrogens with one attached hydrogen (secondary N) is 1. The monoisotopic (exact) mass is 396 g/mol. The van der Waals surface area contributed by atoms with Crippen LogP contribution in [0.15, 0.2) is 47.7 Å². The summed E-state index contributed by atoms with van der Waals surface area (Å²) >= 11 is 0. The van der Waals surface area contributed by atoms with E-state index in [2.05, 4.69) is 75.7 Å². The van der Waals surface area contributed by atoms with Crippen molar-refractivity contribution in [2.45, 2.75) is 38.8 Å². The van der Waals surface area contributed by atoms with Crippen LogP contribution in [0.4, 0.5) is 0 Å². The Bertz CT molecular complexity index is 769. The molecule has 158 valence electrons. The molecule has 0 spiro atoms. The van der Waals surface area contributed by atoms with Gasteiger partial charge in [-0.15, -0.1) is 0 Å². The Kier molecular flexibility index (Phi) is 7.69. The van der Waals surface area contributed by atoms with E-state index in [0.29, 0.717) is 12.0 Å². The highest BCUT2D eigenvalue weighted by atomic mass is 15.3. The highest BCUT2D eigenvalue weighted by Crippen LogP contribution is 2.20. The fourth-order valence-corrected chi connectivity index (χ4v) is 4.08. The van der Waals surface area contributed by atoms with E-state index in [0.717, 1.165) is 45.0 Å². The van der Waals surface area contributed by atoms with Crippen LogP contribution in [0.25, 0.3) is 0 Å². The predicted octanol–water partition coefficient (Wildman–Crippen LogP) is 2.77. The van der Waals surface area contributed by atoms with Gasteiger partial charge in [-0.3, -0.25) is 14.6 Å². The van der Waals surface area contributed by atoms with Gasteiger partial charge in [0.25, 0.3) is 0 Å². The van der Waals surface area contributed by atoms with Crippen LogP contribution < -0.4 is 5.32 Å². The molecule has 2 unspecified atom stereocenters. The number of aromatic nitrogens is 2. The maximum absolute atomic E-state index is 4.53. The van der Waals surface area contributed by atoms with E-state index in [4.69, 9.17) is 0 Å². The Hall–Kier alpha value is -2.34. The highest BCUT2D eigenvalue weighted by molar-refractivity contribution is 5.80. The quantitative estimate of drug-likeness (QED) is 0.551. The van der Waals surface area contributed by atoms with Crippen molar-refractivity contribution in [2.24, 2.45) is 18.0 Å². The third-order valence-electron chi connectivity index (χ3n) is 5.95. The summed E-state index contributed by atoms with van der Waals surface area (Å²) < 4.78 is 1.89. The molecule has 1 aromatic carbocycles. The topological polar surface area (TPSA) is 48.7 Å². The summed E-state index contributed by atoms with van der Waals surface area (Å²) in [7, 11) is 6.08. The maximum Gasteiger partial charge on any atom is 0.193 e. The zero-order valence-electron chi connectivity index (χ0n) is 18.4. The Morgan fingerprint density at radius 1 is 1.31 bits per heavy atom. The third-order valence-corrected chi connectivity index (χ3v) is 5.95. The van der Waals surface area contributed by atoms with Crippen molar-refractivity contribution in [3.05, 3.63) is 53.9 Å². The lowest BCUT2D eigenvalue weighted by molar-refractivity contribution is 0.238. The van der Waals surface area contributed by atoms with Gasteiger partial charge in [-0.2, -0.15) is 5.10 Å². The van der Waals surface area contributed by atoms with Crippen LogP contribution in [0.5, 0.6) is 0 Å². The second kappa shape index (κ2) is 10.4. The predicted molar refractivity (Wildman–Crippen MR) is 120 cm³/mol. The summed E-state index contributed by atoms with van der Waals surface area (Å²) in [5, 5.41) is 7.87. The van der Waals surface area contributed by atoms with Crippen LogP contribution in [0, 0.1) is 5.92 Å². The molecule has 2 atom stereocenters. The molecule has 0 amide bonds. The Morgan fingerprint density at radius 2 is 2.10 bits per heavy atom. The summed E-state index contributed by atoms with van der Waals surface area (Å²) in [5.74, 6) is 1.71. The third kappa shape index (κ3) is 6.32. The van der Waals surface area contributed by atoms with Gasteiger partial charge in [0.05, 0.1) is 6.20 Å². The van der Waals surface area contributed by atoms with Gasteiger partial charge in [0.2, 0.25) is 0 Å². The van der Waals surface area contributed by atoms with E-state index in [-0.39, 0.29) is 0 Å². The van der Waals surface area contributed by atoms with E-state index >= 15 is 0 Å². The fraction of sp³-hybridized carbons (Fsp3) is 0.565. The number of nitrogens with zero attached hydrogens (tertiary/aromatic N) is 5. The first kappa shape index (κ1) is 21.4. The van der Waals surface area contributed by atoms with Crippen molar-refractivity contribution < 1.29 is 0 Å². The van der Waals surface area contributed by atoms with Gasteiger partial charge in [-0.1, -0.05) is 30.3 Å². The minimum Gasteiger partial charge on any atom is -0.356 e. The number of aryl methyl sites for hydroxylation is 1. The van der Waals surface area contributed by atoms with Crippen LogP contribution >= 0.6 is 0 Å². The van der Waals surface area contributed by atoms with E-state index in [9.17, 15) is 0 Å². The summed E-state index contributed by atoms with van der Waals surface area (Å²) in [6, 6.07) is 11.2. The van der Waals surface area contributed by atoms with Crippen LogP contribution in [0.1, 0.15) is 30.9 Å². The molecule has 1 aromatic heterocycles. The molecule has 2 heterocycles.